The van der Waals surface area contributed by atoms with Gasteiger partial charge < -0.3 is 5.32 Å². The molecule has 0 aliphatic rings. The molecule has 0 heterocycles. The number of nitrogens with one attached hydrogen (secondary N) is 1. The van der Waals surface area contributed by atoms with Crippen LogP contribution in [0.5, 0.6) is 0 Å². The van der Waals surface area contributed by atoms with Gasteiger partial charge in [-0.05, 0) is 32.0 Å². The molecule has 3 heteroatoms. The summed E-state index contributed by atoms with van der Waals surface area (Å²) >= 11 is 3.24. The van der Waals surface area contributed by atoms with Crippen LogP contribution in [0.4, 0.5) is 4.39 Å². The monoisotopic (exact) mass is 283 g/mol. The first-order chi connectivity index (χ1) is 7.69. The molecule has 0 aromatic heterocycles. The molecule has 0 bridgehead atoms. The van der Waals surface area contributed by atoms with E-state index < -0.39 is 0 Å². The van der Waals surface area contributed by atoms with Crippen molar-refractivity contribution in [3.63, 3.8) is 0 Å². The molecule has 1 rings (SSSR count). The van der Waals surface area contributed by atoms with Crippen molar-refractivity contribution in [3.05, 3.63) is 34.1 Å². The molecular formula is C13H15BrFN. The molecule has 1 nitrogen and oxygen atoms in total. The summed E-state index contributed by atoms with van der Waals surface area (Å²) in [6.45, 7) is 0. The van der Waals surface area contributed by atoms with Gasteiger partial charge in [0.05, 0.1) is 0 Å². The van der Waals surface area contributed by atoms with Crippen molar-refractivity contribution in [2.24, 2.45) is 0 Å². The Balaban J connectivity index is 2.75. The second-order valence-corrected chi connectivity index (χ2v) is 4.52. The first kappa shape index (κ1) is 13.2. The van der Waals surface area contributed by atoms with Gasteiger partial charge in [0.2, 0.25) is 0 Å². The van der Waals surface area contributed by atoms with E-state index in [0.717, 1.165) is 23.7 Å². The quantitative estimate of drug-likeness (QED) is 0.643. The fourth-order valence-corrected chi connectivity index (χ4v) is 1.98. The fourth-order valence-electron chi connectivity index (χ4n) is 1.65. The number of benzene rings is 1. The van der Waals surface area contributed by atoms with Crippen molar-refractivity contribution in [1.29, 1.82) is 0 Å². The molecule has 0 aliphatic carbocycles. The third-order valence-corrected chi connectivity index (χ3v) is 2.99. The lowest BCUT2D eigenvalue weighted by molar-refractivity contribution is 0.497. The SMILES string of the molecule is C#CCCCC(NC)c1ccc(Br)cc1F. The molecule has 1 unspecified atom stereocenters. The van der Waals surface area contributed by atoms with E-state index >= 15 is 0 Å². The molecule has 0 amide bonds. The smallest absolute Gasteiger partial charge is 0.129 e. The zero-order valence-corrected chi connectivity index (χ0v) is 10.8. The van der Waals surface area contributed by atoms with Crippen molar-refractivity contribution in [3.8, 4) is 12.3 Å². The van der Waals surface area contributed by atoms with Crippen LogP contribution in [0, 0.1) is 18.2 Å². The Morgan fingerprint density at radius 1 is 1.56 bits per heavy atom. The maximum atomic E-state index is 13.7. The van der Waals surface area contributed by atoms with Crippen molar-refractivity contribution in [2.75, 3.05) is 7.05 Å². The molecule has 0 spiro atoms. The first-order valence-electron chi connectivity index (χ1n) is 5.24. The van der Waals surface area contributed by atoms with Crippen LogP contribution in [0.25, 0.3) is 0 Å². The standard InChI is InChI=1S/C13H15BrFN/c1-3-4-5-6-13(16-2)11-8-7-10(14)9-12(11)15/h1,7-9,13,16H,4-6H2,2H3. The summed E-state index contributed by atoms with van der Waals surface area (Å²) in [6.07, 6.45) is 7.67. The molecular weight excluding hydrogens is 269 g/mol. The molecule has 0 fully saturated rings. The minimum atomic E-state index is -0.186. The van der Waals surface area contributed by atoms with E-state index in [1.165, 1.54) is 6.07 Å². The predicted molar refractivity (Wildman–Crippen MR) is 68.6 cm³/mol. The lowest BCUT2D eigenvalue weighted by atomic mass is 10.0. The number of hydrogen-bond acceptors (Lipinski definition) is 1. The van der Waals surface area contributed by atoms with Gasteiger partial charge in [0.1, 0.15) is 5.82 Å². The minimum absolute atomic E-state index is 0.0291. The number of terminal acetylenes is 1. The summed E-state index contributed by atoms with van der Waals surface area (Å²) in [5.74, 6) is 2.41. The van der Waals surface area contributed by atoms with Crippen LogP contribution >= 0.6 is 15.9 Å². The van der Waals surface area contributed by atoms with E-state index in [9.17, 15) is 4.39 Å². The van der Waals surface area contributed by atoms with Gasteiger partial charge in [0.25, 0.3) is 0 Å². The zero-order chi connectivity index (χ0) is 12.0. The Bertz CT molecular complexity index is 384. The van der Waals surface area contributed by atoms with E-state index in [-0.39, 0.29) is 11.9 Å². The van der Waals surface area contributed by atoms with Gasteiger partial charge in [-0.15, -0.1) is 12.3 Å². The van der Waals surface area contributed by atoms with Crippen molar-refractivity contribution < 1.29 is 4.39 Å². The molecule has 16 heavy (non-hydrogen) atoms. The Morgan fingerprint density at radius 3 is 2.88 bits per heavy atom. The van der Waals surface area contributed by atoms with Gasteiger partial charge in [-0.1, -0.05) is 22.0 Å². The molecule has 1 aromatic carbocycles. The van der Waals surface area contributed by atoms with Crippen LogP contribution in [0.3, 0.4) is 0 Å². The van der Waals surface area contributed by atoms with Gasteiger partial charge in [0.15, 0.2) is 0 Å². The molecule has 1 atom stereocenters. The Kier molecular flexibility index (Phi) is 5.51. The van der Waals surface area contributed by atoms with E-state index in [2.05, 4.69) is 27.2 Å². The van der Waals surface area contributed by atoms with Gasteiger partial charge >= 0.3 is 0 Å². The van der Waals surface area contributed by atoms with Crippen molar-refractivity contribution in [2.45, 2.75) is 25.3 Å². The second kappa shape index (κ2) is 6.67. The van der Waals surface area contributed by atoms with Gasteiger partial charge in [0, 0.05) is 22.5 Å². The molecule has 86 valence electrons. The second-order valence-electron chi connectivity index (χ2n) is 3.60. The highest BCUT2D eigenvalue weighted by molar-refractivity contribution is 9.10. The summed E-state index contributed by atoms with van der Waals surface area (Å²) in [6, 6.07) is 5.17. The summed E-state index contributed by atoms with van der Waals surface area (Å²) in [5, 5.41) is 3.11. The lowest BCUT2D eigenvalue weighted by Crippen LogP contribution is -2.17. The number of hydrogen-bond donors (Lipinski definition) is 1. The molecule has 0 saturated heterocycles. The van der Waals surface area contributed by atoms with E-state index in [1.54, 1.807) is 6.07 Å². The maximum absolute atomic E-state index is 13.7. The van der Waals surface area contributed by atoms with Crippen LogP contribution in [0.15, 0.2) is 22.7 Å². The highest BCUT2D eigenvalue weighted by Crippen LogP contribution is 2.24. The summed E-state index contributed by atoms with van der Waals surface area (Å²) in [7, 11) is 1.84. The Morgan fingerprint density at radius 2 is 2.31 bits per heavy atom. The molecule has 1 N–H and O–H groups in total. The zero-order valence-electron chi connectivity index (χ0n) is 9.26. The fraction of sp³-hybridized carbons (Fsp3) is 0.385. The highest BCUT2D eigenvalue weighted by atomic mass is 79.9. The lowest BCUT2D eigenvalue weighted by Gasteiger charge is -2.16. The summed E-state index contributed by atoms with van der Waals surface area (Å²) in [4.78, 5) is 0. The van der Waals surface area contributed by atoms with Gasteiger partial charge in [-0.3, -0.25) is 0 Å². The van der Waals surface area contributed by atoms with E-state index in [4.69, 9.17) is 6.42 Å². The summed E-state index contributed by atoms with van der Waals surface area (Å²) < 4.78 is 14.4. The average molecular weight is 284 g/mol. The molecule has 0 saturated carbocycles. The normalized spacial score (nSPS) is 12.1. The topological polar surface area (TPSA) is 12.0 Å². The van der Waals surface area contributed by atoms with Crippen LogP contribution in [-0.4, -0.2) is 7.05 Å². The summed E-state index contributed by atoms with van der Waals surface area (Å²) in [5.41, 5.74) is 0.697. The molecule has 0 aliphatic heterocycles. The van der Waals surface area contributed by atoms with Gasteiger partial charge in [-0.25, -0.2) is 4.39 Å². The van der Waals surface area contributed by atoms with Crippen LogP contribution in [0.1, 0.15) is 30.9 Å². The number of unbranched alkanes of at least 4 members (excludes halogenated alkanes) is 1. The van der Waals surface area contributed by atoms with E-state index in [0.29, 0.717) is 5.56 Å². The van der Waals surface area contributed by atoms with Crippen LogP contribution in [-0.2, 0) is 0 Å². The predicted octanol–water partition coefficient (Wildman–Crippen LogP) is 3.65. The minimum Gasteiger partial charge on any atom is -0.313 e. The largest absolute Gasteiger partial charge is 0.313 e. The number of rotatable bonds is 5. The van der Waals surface area contributed by atoms with Crippen molar-refractivity contribution in [1.82, 2.24) is 5.32 Å². The third kappa shape index (κ3) is 3.62. The maximum Gasteiger partial charge on any atom is 0.129 e. The Labute approximate surface area is 105 Å². The first-order valence-corrected chi connectivity index (χ1v) is 6.04. The van der Waals surface area contributed by atoms with Gasteiger partial charge in [-0.2, -0.15) is 0 Å². The van der Waals surface area contributed by atoms with E-state index in [1.807, 2.05) is 13.1 Å². The Hall–Kier alpha value is -0.850. The molecule has 0 radical (unpaired) electrons. The molecule has 1 aromatic rings. The van der Waals surface area contributed by atoms with Crippen LogP contribution in [0.2, 0.25) is 0 Å². The average Bonchev–Trinajstić information content (AvgIpc) is 2.26. The third-order valence-electron chi connectivity index (χ3n) is 2.50. The highest BCUT2D eigenvalue weighted by Gasteiger charge is 2.13. The van der Waals surface area contributed by atoms with Crippen molar-refractivity contribution >= 4 is 15.9 Å². The van der Waals surface area contributed by atoms with Crippen LogP contribution < -0.4 is 5.32 Å². The number of halogens is 2.